The number of hydrogen-bond donors (Lipinski definition) is 1. The monoisotopic (exact) mass is 341 g/mol. The third-order valence-electron chi connectivity index (χ3n) is 3.93. The number of carbonyl (C=O) groups excluding carboxylic acids is 1. The van der Waals surface area contributed by atoms with Crippen molar-refractivity contribution in [2.75, 3.05) is 20.3 Å². The molecule has 0 saturated carbocycles. The molecular formula is C19H20FN3O2. The minimum absolute atomic E-state index is 0.0476. The van der Waals surface area contributed by atoms with Crippen LogP contribution in [0.5, 0.6) is 0 Å². The second-order valence-corrected chi connectivity index (χ2v) is 5.76. The highest BCUT2D eigenvalue weighted by molar-refractivity contribution is 5.77. The molecule has 5 nitrogen and oxygen atoms in total. The van der Waals surface area contributed by atoms with E-state index >= 15 is 0 Å². The molecule has 0 aliphatic carbocycles. The van der Waals surface area contributed by atoms with Gasteiger partial charge in [0.05, 0.1) is 11.0 Å². The van der Waals surface area contributed by atoms with Crippen LogP contribution in [-0.2, 0) is 22.5 Å². The molecule has 0 unspecified atom stereocenters. The Bertz CT molecular complexity index is 859. The number of hydrogen-bond acceptors (Lipinski definition) is 3. The van der Waals surface area contributed by atoms with Gasteiger partial charge in [-0.25, -0.2) is 9.37 Å². The molecule has 3 rings (SSSR count). The maximum Gasteiger partial charge on any atom is 0.245 e. The number of fused-ring (bicyclic) bond motifs is 1. The first-order valence-corrected chi connectivity index (χ1v) is 8.11. The van der Waals surface area contributed by atoms with E-state index in [2.05, 4.69) is 14.9 Å². The van der Waals surface area contributed by atoms with Crippen molar-refractivity contribution in [2.24, 2.45) is 0 Å². The topological polar surface area (TPSA) is 56.1 Å². The van der Waals surface area contributed by atoms with E-state index in [4.69, 9.17) is 4.74 Å². The highest BCUT2D eigenvalue weighted by Gasteiger charge is 2.11. The van der Waals surface area contributed by atoms with Crippen LogP contribution in [0.25, 0.3) is 11.0 Å². The fourth-order valence-electron chi connectivity index (χ4n) is 2.76. The van der Waals surface area contributed by atoms with Gasteiger partial charge in [-0.2, -0.15) is 0 Å². The Hall–Kier alpha value is -2.73. The summed E-state index contributed by atoms with van der Waals surface area (Å²) in [5, 5.41) is 2.81. The number of methoxy groups -OCH3 is 1. The average molecular weight is 341 g/mol. The van der Waals surface area contributed by atoms with Crippen LogP contribution in [0.1, 0.15) is 11.4 Å². The van der Waals surface area contributed by atoms with Gasteiger partial charge in [0.1, 0.15) is 18.2 Å². The number of nitrogens with one attached hydrogen (secondary N) is 1. The summed E-state index contributed by atoms with van der Waals surface area (Å²) in [6.07, 6.45) is 0.603. The third kappa shape index (κ3) is 4.22. The van der Waals surface area contributed by atoms with Crippen molar-refractivity contribution in [2.45, 2.75) is 13.0 Å². The number of imidazole rings is 1. The third-order valence-corrected chi connectivity index (χ3v) is 3.93. The summed E-state index contributed by atoms with van der Waals surface area (Å²) in [5.41, 5.74) is 2.92. The van der Waals surface area contributed by atoms with Crippen LogP contribution in [-0.4, -0.2) is 35.7 Å². The first-order valence-electron chi connectivity index (χ1n) is 8.11. The van der Waals surface area contributed by atoms with Crippen LogP contribution >= 0.6 is 0 Å². The van der Waals surface area contributed by atoms with E-state index in [1.807, 2.05) is 24.3 Å². The minimum Gasteiger partial charge on any atom is -0.375 e. The smallest absolute Gasteiger partial charge is 0.245 e. The van der Waals surface area contributed by atoms with Crippen molar-refractivity contribution in [1.29, 1.82) is 0 Å². The molecule has 0 atom stereocenters. The Morgan fingerprint density at radius 3 is 2.72 bits per heavy atom. The largest absolute Gasteiger partial charge is 0.375 e. The number of para-hydroxylation sites is 2. The van der Waals surface area contributed by atoms with Crippen molar-refractivity contribution in [3.63, 3.8) is 0 Å². The van der Waals surface area contributed by atoms with Gasteiger partial charge in [0.15, 0.2) is 0 Å². The van der Waals surface area contributed by atoms with Crippen LogP contribution in [0.15, 0.2) is 48.5 Å². The quantitative estimate of drug-likeness (QED) is 0.718. The molecule has 0 fully saturated rings. The molecule has 25 heavy (non-hydrogen) atoms. The molecule has 2 aromatic carbocycles. The van der Waals surface area contributed by atoms with Crippen molar-refractivity contribution in [1.82, 2.24) is 14.9 Å². The van der Waals surface area contributed by atoms with Crippen LogP contribution in [0.4, 0.5) is 4.39 Å². The van der Waals surface area contributed by atoms with Gasteiger partial charge < -0.3 is 14.6 Å². The second-order valence-electron chi connectivity index (χ2n) is 5.76. The lowest BCUT2D eigenvalue weighted by atomic mass is 10.2. The molecule has 1 amide bonds. The number of ether oxygens (including phenoxy) is 1. The number of benzene rings is 2. The first-order chi connectivity index (χ1) is 12.2. The highest BCUT2D eigenvalue weighted by atomic mass is 19.1. The lowest BCUT2D eigenvalue weighted by Crippen LogP contribution is -2.29. The molecule has 0 radical (unpaired) electrons. The molecule has 0 bridgehead atoms. The summed E-state index contributed by atoms with van der Waals surface area (Å²) in [5.74, 6) is 0.479. The molecule has 0 aliphatic heterocycles. The van der Waals surface area contributed by atoms with E-state index in [0.29, 0.717) is 19.5 Å². The molecule has 1 aromatic heterocycles. The predicted octanol–water partition coefficient (Wildman–Crippen LogP) is 2.53. The Labute approximate surface area is 145 Å². The van der Waals surface area contributed by atoms with Crippen LogP contribution in [0.2, 0.25) is 0 Å². The van der Waals surface area contributed by atoms with Gasteiger partial charge in [-0.05, 0) is 29.8 Å². The zero-order valence-electron chi connectivity index (χ0n) is 14.0. The zero-order valence-corrected chi connectivity index (χ0v) is 14.0. The summed E-state index contributed by atoms with van der Waals surface area (Å²) in [6, 6.07) is 14.3. The first kappa shape index (κ1) is 17.1. The molecular weight excluding hydrogens is 321 g/mol. The highest BCUT2D eigenvalue weighted by Crippen LogP contribution is 2.18. The number of amides is 1. The van der Waals surface area contributed by atoms with Gasteiger partial charge >= 0.3 is 0 Å². The van der Waals surface area contributed by atoms with E-state index in [1.54, 1.807) is 12.1 Å². The van der Waals surface area contributed by atoms with Gasteiger partial charge in [0.25, 0.3) is 0 Å². The van der Waals surface area contributed by atoms with Gasteiger partial charge in [-0.3, -0.25) is 4.79 Å². The molecule has 1 N–H and O–H groups in total. The fourth-order valence-corrected chi connectivity index (χ4v) is 2.76. The SMILES string of the molecule is COCC(=O)NCCc1nc2ccccc2n1Cc1ccc(F)cc1. The van der Waals surface area contributed by atoms with Gasteiger partial charge in [-0.15, -0.1) is 0 Å². The molecule has 0 aliphatic rings. The standard InChI is InChI=1S/C19H20FN3O2/c1-25-13-19(24)21-11-10-18-22-16-4-2-3-5-17(16)23(18)12-14-6-8-15(20)9-7-14/h2-9H,10-13H2,1H3,(H,21,24). The lowest BCUT2D eigenvalue weighted by molar-refractivity contribution is -0.124. The molecule has 6 heteroatoms. The number of halogens is 1. The summed E-state index contributed by atoms with van der Waals surface area (Å²) in [7, 11) is 1.49. The minimum atomic E-state index is -0.250. The average Bonchev–Trinajstić information content (AvgIpc) is 2.95. The lowest BCUT2D eigenvalue weighted by Gasteiger charge is -2.10. The predicted molar refractivity (Wildman–Crippen MR) is 93.8 cm³/mol. The summed E-state index contributed by atoms with van der Waals surface area (Å²) < 4.78 is 20.0. The van der Waals surface area contributed by atoms with E-state index in [1.165, 1.54) is 19.2 Å². The van der Waals surface area contributed by atoms with Crippen LogP contribution < -0.4 is 5.32 Å². The number of nitrogens with zero attached hydrogens (tertiary/aromatic N) is 2. The molecule has 3 aromatic rings. The van der Waals surface area contributed by atoms with E-state index in [-0.39, 0.29) is 18.3 Å². The van der Waals surface area contributed by atoms with Crippen LogP contribution in [0.3, 0.4) is 0 Å². The molecule has 0 saturated heterocycles. The normalized spacial score (nSPS) is 11.0. The maximum atomic E-state index is 13.1. The van der Waals surface area contributed by atoms with Crippen molar-refractivity contribution in [3.05, 3.63) is 65.7 Å². The Morgan fingerprint density at radius 2 is 1.96 bits per heavy atom. The van der Waals surface area contributed by atoms with Crippen LogP contribution in [0, 0.1) is 5.82 Å². The number of aromatic nitrogens is 2. The molecule has 0 spiro atoms. The maximum absolute atomic E-state index is 13.1. The summed E-state index contributed by atoms with van der Waals surface area (Å²) >= 11 is 0. The Balaban J connectivity index is 1.81. The Kier molecular flexibility index (Phi) is 5.40. The van der Waals surface area contributed by atoms with Gasteiger partial charge in [0, 0.05) is 26.6 Å². The summed E-state index contributed by atoms with van der Waals surface area (Å²) in [4.78, 5) is 16.2. The zero-order chi connectivity index (χ0) is 17.6. The molecule has 130 valence electrons. The van der Waals surface area contributed by atoms with E-state index < -0.39 is 0 Å². The van der Waals surface area contributed by atoms with Gasteiger partial charge in [0.2, 0.25) is 5.91 Å². The second kappa shape index (κ2) is 7.90. The summed E-state index contributed by atoms with van der Waals surface area (Å²) in [6.45, 7) is 1.13. The van der Waals surface area contributed by atoms with Crippen molar-refractivity contribution < 1.29 is 13.9 Å². The van der Waals surface area contributed by atoms with Crippen molar-refractivity contribution in [3.8, 4) is 0 Å². The Morgan fingerprint density at radius 1 is 1.20 bits per heavy atom. The van der Waals surface area contributed by atoms with E-state index in [9.17, 15) is 9.18 Å². The number of carbonyl (C=O) groups is 1. The van der Waals surface area contributed by atoms with Gasteiger partial charge in [-0.1, -0.05) is 24.3 Å². The van der Waals surface area contributed by atoms with E-state index in [0.717, 1.165) is 22.4 Å². The molecule has 1 heterocycles. The fraction of sp³-hybridized carbons (Fsp3) is 0.263. The number of rotatable bonds is 7. The van der Waals surface area contributed by atoms with Crippen molar-refractivity contribution >= 4 is 16.9 Å².